The fraction of sp³-hybridized carbons (Fsp3) is 0.417. The molecule has 4 heterocycles. The second-order valence-corrected chi connectivity index (χ2v) is 8.69. The van der Waals surface area contributed by atoms with Crippen molar-refractivity contribution in [3.05, 3.63) is 64.4 Å². The molecule has 0 saturated carbocycles. The average Bonchev–Trinajstić information content (AvgIpc) is 3.48. The van der Waals surface area contributed by atoms with Crippen LogP contribution in [0.2, 0.25) is 0 Å². The summed E-state index contributed by atoms with van der Waals surface area (Å²) in [4.78, 5) is 38.8. The van der Waals surface area contributed by atoms with E-state index in [1.807, 2.05) is 30.0 Å². The Morgan fingerprint density at radius 2 is 1.91 bits per heavy atom. The topological polar surface area (TPSA) is 105 Å². The van der Waals surface area contributed by atoms with Gasteiger partial charge in [-0.2, -0.15) is 0 Å². The first-order valence-electron chi connectivity index (χ1n) is 11.3. The highest BCUT2D eigenvalue weighted by Gasteiger charge is 2.34. The lowest BCUT2D eigenvalue weighted by Crippen LogP contribution is -2.38. The van der Waals surface area contributed by atoms with E-state index in [0.29, 0.717) is 44.0 Å². The fourth-order valence-electron chi connectivity index (χ4n) is 4.63. The second kappa shape index (κ2) is 8.73. The molecular formula is C24H26N6O3. The van der Waals surface area contributed by atoms with Crippen LogP contribution < -0.4 is 4.90 Å². The molecule has 0 spiro atoms. The normalized spacial score (nSPS) is 18.0. The van der Waals surface area contributed by atoms with Gasteiger partial charge in [0.05, 0.1) is 0 Å². The number of benzene rings is 1. The third-order valence-electron chi connectivity index (χ3n) is 6.52. The Labute approximate surface area is 191 Å². The lowest BCUT2D eigenvalue weighted by atomic mass is 10.0. The van der Waals surface area contributed by atoms with Gasteiger partial charge in [-0.1, -0.05) is 35.5 Å². The van der Waals surface area contributed by atoms with E-state index in [-0.39, 0.29) is 23.4 Å². The van der Waals surface area contributed by atoms with E-state index in [9.17, 15) is 9.59 Å². The second-order valence-electron chi connectivity index (χ2n) is 8.69. The summed E-state index contributed by atoms with van der Waals surface area (Å²) in [6.07, 6.45) is 2.66. The predicted octanol–water partition coefficient (Wildman–Crippen LogP) is 2.63. The summed E-state index contributed by atoms with van der Waals surface area (Å²) in [7, 11) is 0. The van der Waals surface area contributed by atoms with E-state index in [1.54, 1.807) is 11.8 Å². The lowest BCUT2D eigenvalue weighted by Gasteiger charge is -2.30. The van der Waals surface area contributed by atoms with Crippen molar-refractivity contribution < 1.29 is 14.2 Å². The number of rotatable bonds is 5. The van der Waals surface area contributed by atoms with Gasteiger partial charge < -0.3 is 4.90 Å². The molecule has 9 nitrogen and oxygen atoms in total. The monoisotopic (exact) mass is 446 g/mol. The van der Waals surface area contributed by atoms with Crippen molar-refractivity contribution in [1.29, 1.82) is 0 Å². The molecule has 33 heavy (non-hydrogen) atoms. The summed E-state index contributed by atoms with van der Waals surface area (Å²) in [6.45, 7) is 5.36. The van der Waals surface area contributed by atoms with E-state index in [1.165, 1.54) is 5.56 Å². The maximum Gasteiger partial charge on any atom is 0.278 e. The first-order chi connectivity index (χ1) is 16.0. The highest BCUT2D eigenvalue weighted by molar-refractivity contribution is 5.95. The minimum atomic E-state index is -0.189. The number of carbonyl (C=O) groups excluding carboxylic acids is 2. The molecule has 1 saturated heterocycles. The molecule has 170 valence electrons. The average molecular weight is 447 g/mol. The Kier molecular flexibility index (Phi) is 5.62. The third-order valence-corrected chi connectivity index (χ3v) is 6.52. The molecule has 0 aliphatic carbocycles. The molecule has 2 aliphatic rings. The van der Waals surface area contributed by atoms with Gasteiger partial charge in [-0.3, -0.25) is 14.5 Å². The maximum absolute atomic E-state index is 12.8. The van der Waals surface area contributed by atoms with E-state index in [4.69, 9.17) is 9.97 Å². The fourth-order valence-corrected chi connectivity index (χ4v) is 4.63. The molecule has 5 rings (SSSR count). The summed E-state index contributed by atoms with van der Waals surface area (Å²) in [5.41, 5.74) is 3.87. The number of fused-ring (bicyclic) bond motifs is 1. The van der Waals surface area contributed by atoms with Crippen LogP contribution in [-0.2, 0) is 17.6 Å². The first-order valence-corrected chi connectivity index (χ1v) is 11.3. The molecule has 2 amide bonds. The highest BCUT2D eigenvalue weighted by atomic mass is 16.6. The Hall–Kier alpha value is -3.62. The summed E-state index contributed by atoms with van der Waals surface area (Å²) in [5, 5.41) is 7.45. The molecule has 1 fully saturated rings. The van der Waals surface area contributed by atoms with Crippen molar-refractivity contribution in [2.24, 2.45) is 0 Å². The Balaban J connectivity index is 1.37. The molecule has 1 aromatic carbocycles. The minimum absolute atomic E-state index is 0.00567. The van der Waals surface area contributed by atoms with Crippen LogP contribution >= 0.6 is 0 Å². The van der Waals surface area contributed by atoms with Crippen molar-refractivity contribution in [2.45, 2.75) is 45.4 Å². The van der Waals surface area contributed by atoms with E-state index < -0.39 is 0 Å². The van der Waals surface area contributed by atoms with Gasteiger partial charge in [-0.25, -0.2) is 14.6 Å². The molecule has 2 aliphatic heterocycles. The largest absolute Gasteiger partial charge is 0.336 e. The van der Waals surface area contributed by atoms with Crippen LogP contribution in [-0.4, -0.2) is 56.6 Å². The summed E-state index contributed by atoms with van der Waals surface area (Å²) >= 11 is 0. The van der Waals surface area contributed by atoms with Crippen LogP contribution in [0.25, 0.3) is 0 Å². The van der Waals surface area contributed by atoms with Crippen molar-refractivity contribution in [3.8, 4) is 0 Å². The Morgan fingerprint density at radius 1 is 1.09 bits per heavy atom. The summed E-state index contributed by atoms with van der Waals surface area (Å²) in [6, 6.07) is 10.2. The number of aryl methyl sites for hydroxylation is 2. The number of nitrogens with zero attached hydrogens (tertiary/aromatic N) is 6. The van der Waals surface area contributed by atoms with Crippen molar-refractivity contribution in [1.82, 2.24) is 25.2 Å². The van der Waals surface area contributed by atoms with Gasteiger partial charge in [-0.15, -0.1) is 0 Å². The van der Waals surface area contributed by atoms with Gasteiger partial charge in [0.15, 0.2) is 5.69 Å². The van der Waals surface area contributed by atoms with E-state index >= 15 is 0 Å². The molecule has 9 heteroatoms. The zero-order chi connectivity index (χ0) is 22.9. The molecule has 1 atom stereocenters. The smallest absolute Gasteiger partial charge is 0.278 e. The van der Waals surface area contributed by atoms with Crippen LogP contribution in [0.1, 0.15) is 57.6 Å². The maximum atomic E-state index is 12.8. The van der Waals surface area contributed by atoms with Crippen LogP contribution in [0, 0.1) is 13.8 Å². The lowest BCUT2D eigenvalue weighted by molar-refractivity contribution is -0.118. The summed E-state index contributed by atoms with van der Waals surface area (Å²) < 4.78 is 4.68. The van der Waals surface area contributed by atoms with E-state index in [0.717, 1.165) is 29.9 Å². The summed E-state index contributed by atoms with van der Waals surface area (Å²) in [5.74, 6) is 1.33. The zero-order valence-electron chi connectivity index (χ0n) is 18.8. The van der Waals surface area contributed by atoms with Gasteiger partial charge >= 0.3 is 0 Å². The van der Waals surface area contributed by atoms with Crippen molar-refractivity contribution in [3.63, 3.8) is 0 Å². The number of hydrogen-bond donors (Lipinski definition) is 0. The van der Waals surface area contributed by atoms with Gasteiger partial charge in [0.1, 0.15) is 17.3 Å². The quantitative estimate of drug-likeness (QED) is 0.593. The van der Waals surface area contributed by atoms with Gasteiger partial charge in [0.2, 0.25) is 5.91 Å². The number of anilines is 1. The number of carbonyl (C=O) groups is 2. The number of hydrogen-bond acceptors (Lipinski definition) is 7. The standard InChI is InChI=1S/C24H26N6O3/c1-15-19-8-9-20(31)30(13-10-17-6-4-3-5-7-17)23(19)26-22(25-15)18-11-12-29(14-18)24(32)21-16(2)27-33-28-21/h3-7,18H,8-14H2,1-2H3. The zero-order valence-corrected chi connectivity index (χ0v) is 18.8. The molecular weight excluding hydrogens is 420 g/mol. The molecule has 0 radical (unpaired) electrons. The van der Waals surface area contributed by atoms with Crippen LogP contribution in [0.5, 0.6) is 0 Å². The Bertz CT molecular complexity index is 1190. The van der Waals surface area contributed by atoms with Crippen molar-refractivity contribution in [2.75, 3.05) is 24.5 Å². The highest BCUT2D eigenvalue weighted by Crippen LogP contribution is 2.32. The number of aromatic nitrogens is 4. The van der Waals surface area contributed by atoms with Gasteiger partial charge in [0, 0.05) is 43.2 Å². The third kappa shape index (κ3) is 4.10. The molecule has 1 unspecified atom stereocenters. The Morgan fingerprint density at radius 3 is 2.67 bits per heavy atom. The molecule has 3 aromatic rings. The molecule has 2 aromatic heterocycles. The van der Waals surface area contributed by atoms with Crippen LogP contribution in [0.4, 0.5) is 5.82 Å². The number of amides is 2. The van der Waals surface area contributed by atoms with Crippen molar-refractivity contribution >= 4 is 17.6 Å². The molecule has 0 N–H and O–H groups in total. The van der Waals surface area contributed by atoms with E-state index in [2.05, 4.69) is 27.1 Å². The molecule has 0 bridgehead atoms. The van der Waals surface area contributed by atoms with Crippen LogP contribution in [0.3, 0.4) is 0 Å². The predicted molar refractivity (Wildman–Crippen MR) is 120 cm³/mol. The van der Waals surface area contributed by atoms with Gasteiger partial charge in [0.25, 0.3) is 5.91 Å². The minimum Gasteiger partial charge on any atom is -0.336 e. The number of likely N-dealkylation sites (tertiary alicyclic amines) is 1. The van der Waals surface area contributed by atoms with Gasteiger partial charge in [-0.05, 0) is 43.8 Å². The van der Waals surface area contributed by atoms with Crippen LogP contribution in [0.15, 0.2) is 35.0 Å². The SMILES string of the molecule is Cc1nonc1C(=O)N1CCC(c2nc(C)c3c(n2)N(CCc2ccccc2)C(=O)CC3)C1. The first kappa shape index (κ1) is 21.2.